The Kier molecular flexibility index (Phi) is 8.47. The number of carbonyl (C=O) groups is 1. The monoisotopic (exact) mass is 537 g/mol. The molecule has 1 aliphatic rings. The van der Waals surface area contributed by atoms with Crippen molar-refractivity contribution < 1.29 is 9.53 Å². The summed E-state index contributed by atoms with van der Waals surface area (Å²) in [5.41, 5.74) is 3.99. The van der Waals surface area contributed by atoms with Crippen molar-refractivity contribution in [2.24, 2.45) is 0 Å². The van der Waals surface area contributed by atoms with Gasteiger partial charge < -0.3 is 25.6 Å². The number of aromatic nitrogens is 2. The molecule has 2 amide bonds. The molecule has 1 saturated heterocycles. The van der Waals surface area contributed by atoms with Crippen molar-refractivity contribution in [1.82, 2.24) is 19.8 Å². The number of fused-ring (bicyclic) bond motifs is 1. The van der Waals surface area contributed by atoms with Crippen molar-refractivity contribution in [1.29, 1.82) is 5.26 Å². The van der Waals surface area contributed by atoms with E-state index in [9.17, 15) is 10.1 Å². The van der Waals surface area contributed by atoms with Crippen LogP contribution in [0.5, 0.6) is 11.5 Å². The third kappa shape index (κ3) is 6.35. The number of hydrogen-bond donors (Lipinski definition) is 3. The van der Waals surface area contributed by atoms with E-state index in [0.717, 1.165) is 42.0 Å². The first-order chi connectivity index (χ1) is 19.5. The molecule has 9 heteroatoms. The summed E-state index contributed by atoms with van der Waals surface area (Å²) in [7, 11) is 0. The topological polar surface area (TPSA) is 107 Å². The second kappa shape index (κ2) is 12.5. The van der Waals surface area contributed by atoms with Gasteiger partial charge in [0.2, 0.25) is 0 Å². The Morgan fingerprint density at radius 2 is 1.90 bits per heavy atom. The van der Waals surface area contributed by atoms with Gasteiger partial charge in [-0.1, -0.05) is 24.6 Å². The quantitative estimate of drug-likeness (QED) is 0.212. The van der Waals surface area contributed by atoms with Crippen LogP contribution in [0, 0.1) is 18.3 Å². The summed E-state index contributed by atoms with van der Waals surface area (Å²) in [4.78, 5) is 15.2. The van der Waals surface area contributed by atoms with E-state index in [-0.39, 0.29) is 6.03 Å². The van der Waals surface area contributed by atoms with Gasteiger partial charge >= 0.3 is 6.03 Å². The highest BCUT2D eigenvalue weighted by Gasteiger charge is 2.19. The lowest BCUT2D eigenvalue weighted by molar-refractivity contribution is 0.159. The number of hydrogen-bond acceptors (Lipinski definition) is 6. The highest BCUT2D eigenvalue weighted by molar-refractivity contribution is 5.94. The number of likely N-dealkylation sites (tertiary alicyclic amines) is 1. The third-order valence-corrected chi connectivity index (χ3v) is 7.38. The van der Waals surface area contributed by atoms with E-state index in [4.69, 9.17) is 4.74 Å². The van der Waals surface area contributed by atoms with Gasteiger partial charge in [-0.2, -0.15) is 10.4 Å². The van der Waals surface area contributed by atoms with Crippen molar-refractivity contribution >= 4 is 28.6 Å². The van der Waals surface area contributed by atoms with E-state index in [1.165, 1.54) is 25.5 Å². The van der Waals surface area contributed by atoms with Crippen LogP contribution in [0.2, 0.25) is 0 Å². The zero-order valence-electron chi connectivity index (χ0n) is 23.0. The molecule has 1 fully saturated rings. The van der Waals surface area contributed by atoms with Gasteiger partial charge in [-0.15, -0.1) is 0 Å². The maximum atomic E-state index is 12.7. The summed E-state index contributed by atoms with van der Waals surface area (Å²) in [6.45, 7) is 6.93. The number of piperidine rings is 1. The van der Waals surface area contributed by atoms with Crippen LogP contribution in [-0.2, 0) is 0 Å². The van der Waals surface area contributed by atoms with E-state index in [1.54, 1.807) is 10.7 Å². The molecule has 0 spiro atoms. The number of ether oxygens (including phenoxy) is 1. The number of urea groups is 1. The first-order valence-corrected chi connectivity index (χ1v) is 13.8. The number of nitrogens with zero attached hydrogens (tertiary/aromatic N) is 4. The normalized spacial score (nSPS) is 15.4. The van der Waals surface area contributed by atoms with E-state index in [0.29, 0.717) is 35.3 Å². The van der Waals surface area contributed by atoms with E-state index < -0.39 is 0 Å². The van der Waals surface area contributed by atoms with Crippen LogP contribution < -0.4 is 20.7 Å². The first kappa shape index (κ1) is 27.0. The predicted octanol–water partition coefficient (Wildman–Crippen LogP) is 6.44. The van der Waals surface area contributed by atoms with E-state index in [1.807, 2.05) is 61.5 Å². The van der Waals surface area contributed by atoms with Crippen LogP contribution in [0.1, 0.15) is 43.7 Å². The lowest BCUT2D eigenvalue weighted by atomic mass is 10.0. The van der Waals surface area contributed by atoms with Gasteiger partial charge in [-0.05, 0) is 76.1 Å². The molecule has 3 N–H and O–H groups in total. The van der Waals surface area contributed by atoms with Gasteiger partial charge in [0.25, 0.3) is 0 Å². The number of amides is 2. The molecule has 206 valence electrons. The number of para-hydroxylation sites is 1. The van der Waals surface area contributed by atoms with Crippen molar-refractivity contribution in [2.75, 3.05) is 30.3 Å². The molecular formula is C31H35N7O2. The van der Waals surface area contributed by atoms with Gasteiger partial charge in [-0.25, -0.2) is 9.31 Å². The molecule has 1 aliphatic heterocycles. The lowest BCUT2D eigenvalue weighted by Crippen LogP contribution is -2.39. The Bertz CT molecular complexity index is 1490. The Morgan fingerprint density at radius 1 is 1.12 bits per heavy atom. The summed E-state index contributed by atoms with van der Waals surface area (Å²) < 4.78 is 7.57. The maximum Gasteiger partial charge on any atom is 0.319 e. The fourth-order valence-electron chi connectivity index (χ4n) is 5.14. The molecule has 1 unspecified atom stereocenters. The van der Waals surface area contributed by atoms with Gasteiger partial charge in [-0.3, -0.25) is 0 Å². The van der Waals surface area contributed by atoms with Crippen LogP contribution in [0.4, 0.5) is 21.9 Å². The Balaban J connectivity index is 1.25. The van der Waals surface area contributed by atoms with Gasteiger partial charge in [0, 0.05) is 30.4 Å². The Hall–Kier alpha value is -4.55. The number of aryl methyl sites for hydroxylation is 1. The Morgan fingerprint density at radius 3 is 2.65 bits per heavy atom. The average Bonchev–Trinajstić information content (AvgIpc) is 3.28. The fourth-order valence-corrected chi connectivity index (χ4v) is 5.14. The first-order valence-electron chi connectivity index (χ1n) is 13.8. The number of nitriles is 1. The minimum absolute atomic E-state index is 0.255. The minimum atomic E-state index is -0.255. The van der Waals surface area contributed by atoms with Crippen LogP contribution >= 0.6 is 0 Å². The molecule has 9 nitrogen and oxygen atoms in total. The number of nitrogens with one attached hydrogen (secondary N) is 3. The summed E-state index contributed by atoms with van der Waals surface area (Å²) >= 11 is 0. The molecule has 2 aromatic heterocycles. The molecule has 2 aromatic carbocycles. The van der Waals surface area contributed by atoms with E-state index >= 15 is 0 Å². The summed E-state index contributed by atoms with van der Waals surface area (Å²) in [5.74, 6) is 1.47. The number of anilines is 3. The third-order valence-electron chi connectivity index (χ3n) is 7.38. The summed E-state index contributed by atoms with van der Waals surface area (Å²) in [6, 6.07) is 19.7. The van der Waals surface area contributed by atoms with Crippen molar-refractivity contribution in [2.45, 2.75) is 45.6 Å². The molecule has 3 heterocycles. The molecule has 1 atom stereocenters. The predicted molar refractivity (Wildman–Crippen MR) is 157 cm³/mol. The molecule has 0 bridgehead atoms. The highest BCUT2D eigenvalue weighted by atomic mass is 16.5. The molecule has 0 aliphatic carbocycles. The molecule has 0 radical (unpaired) electrons. The molecule has 40 heavy (non-hydrogen) atoms. The number of benzene rings is 2. The average molecular weight is 538 g/mol. The fraction of sp³-hybridized carbons (Fsp3) is 0.323. The van der Waals surface area contributed by atoms with Gasteiger partial charge in [0.15, 0.2) is 0 Å². The van der Waals surface area contributed by atoms with Crippen molar-refractivity contribution in [3.63, 3.8) is 0 Å². The molecule has 0 saturated carbocycles. The highest BCUT2D eigenvalue weighted by Crippen LogP contribution is 2.33. The van der Waals surface area contributed by atoms with Crippen LogP contribution in [-0.4, -0.2) is 46.2 Å². The van der Waals surface area contributed by atoms with Crippen molar-refractivity contribution in [3.05, 3.63) is 78.1 Å². The van der Waals surface area contributed by atoms with Gasteiger partial charge in [0.05, 0.1) is 34.8 Å². The summed E-state index contributed by atoms with van der Waals surface area (Å²) in [6.07, 6.45) is 8.01. The van der Waals surface area contributed by atoms with Gasteiger partial charge in [0.1, 0.15) is 17.6 Å². The maximum absolute atomic E-state index is 12.7. The van der Waals surface area contributed by atoms with Crippen LogP contribution in [0.15, 0.2) is 67.0 Å². The van der Waals surface area contributed by atoms with Crippen LogP contribution in [0.25, 0.3) is 5.52 Å². The lowest BCUT2D eigenvalue weighted by Gasteiger charge is -2.33. The number of rotatable bonds is 9. The summed E-state index contributed by atoms with van der Waals surface area (Å²) in [5, 5.41) is 23.5. The zero-order valence-corrected chi connectivity index (χ0v) is 23.0. The smallest absolute Gasteiger partial charge is 0.319 e. The SMILES string of the molecule is Cc1c(NC(=O)NCCCN2CCCCC2C)cn2ncc(C#N)c(Nc3ccc(Oc4ccccc4)cc3)c12. The number of carbonyl (C=O) groups excluding carboxylic acids is 1. The minimum Gasteiger partial charge on any atom is -0.457 e. The molecule has 4 aromatic rings. The second-order valence-corrected chi connectivity index (χ2v) is 10.2. The molecule has 5 rings (SSSR count). The second-order valence-electron chi connectivity index (χ2n) is 10.2. The standard InChI is InChI=1S/C31H35N7O2/c1-22-9-6-7-17-37(22)18-8-16-33-31(39)36-28-21-38-30(23(28)2)29(24(19-32)20-34-38)35-25-12-14-27(15-13-25)40-26-10-4-3-5-11-26/h3-5,10-15,20-22,35H,6-9,16-18H2,1-2H3,(H2,33,36,39). The van der Waals surface area contributed by atoms with E-state index in [2.05, 4.69) is 38.9 Å². The molecular weight excluding hydrogens is 502 g/mol. The van der Waals surface area contributed by atoms with Crippen molar-refractivity contribution in [3.8, 4) is 17.6 Å². The zero-order chi connectivity index (χ0) is 27.9. The van der Waals surface area contributed by atoms with Crippen LogP contribution in [0.3, 0.4) is 0 Å². The Labute approximate surface area is 234 Å². The largest absolute Gasteiger partial charge is 0.457 e.